The Bertz CT molecular complexity index is 1150. The van der Waals surface area contributed by atoms with Crippen LogP contribution in [0.25, 0.3) is 0 Å². The third-order valence-corrected chi connectivity index (χ3v) is 7.08. The average Bonchev–Trinajstić information content (AvgIpc) is 2.82. The number of anilines is 1. The lowest BCUT2D eigenvalue weighted by Crippen LogP contribution is -2.35. The zero-order valence-electron chi connectivity index (χ0n) is 19.2. The Morgan fingerprint density at radius 2 is 1.61 bits per heavy atom. The molecule has 7 heteroatoms. The van der Waals surface area contributed by atoms with Crippen LogP contribution in [-0.2, 0) is 21.4 Å². The zero-order chi connectivity index (χ0) is 23.8. The maximum atomic E-state index is 13.5. The van der Waals surface area contributed by atoms with E-state index in [0.29, 0.717) is 11.4 Å². The molecule has 174 valence electrons. The van der Waals surface area contributed by atoms with E-state index in [1.807, 2.05) is 51.1 Å². The van der Waals surface area contributed by atoms with Gasteiger partial charge in [-0.15, -0.1) is 0 Å². The van der Waals surface area contributed by atoms with Gasteiger partial charge in [-0.1, -0.05) is 55.0 Å². The van der Waals surface area contributed by atoms with E-state index in [9.17, 15) is 13.2 Å². The van der Waals surface area contributed by atoms with Crippen molar-refractivity contribution in [3.63, 3.8) is 0 Å². The number of benzene rings is 3. The van der Waals surface area contributed by atoms with Crippen LogP contribution in [0.4, 0.5) is 5.69 Å². The van der Waals surface area contributed by atoms with Gasteiger partial charge in [0.2, 0.25) is 0 Å². The highest BCUT2D eigenvalue weighted by molar-refractivity contribution is 7.92. The van der Waals surface area contributed by atoms with E-state index in [4.69, 9.17) is 4.74 Å². The fourth-order valence-electron chi connectivity index (χ4n) is 3.18. The van der Waals surface area contributed by atoms with Gasteiger partial charge in [0, 0.05) is 6.04 Å². The maximum absolute atomic E-state index is 13.5. The molecule has 3 aromatic rings. The molecule has 0 aliphatic rings. The Hall–Kier alpha value is -3.32. The molecule has 0 aromatic heterocycles. The number of hydrogen-bond donors (Lipinski definition) is 1. The lowest BCUT2D eigenvalue weighted by molar-refractivity contribution is -0.123. The predicted molar refractivity (Wildman–Crippen MR) is 131 cm³/mol. The molecule has 0 aliphatic carbocycles. The molecule has 3 rings (SSSR count). The largest absolute Gasteiger partial charge is 0.484 e. The fraction of sp³-hybridized carbons (Fsp3) is 0.269. The van der Waals surface area contributed by atoms with Crippen molar-refractivity contribution in [1.82, 2.24) is 5.32 Å². The minimum absolute atomic E-state index is 0.0852. The standard InChI is InChI=1S/C26H30N2O4S/c1-4-21(3)27-26(29)19-32-24-14-12-23(13-15-24)28(18-22-8-6-5-7-9-22)33(30,31)25-16-10-20(2)11-17-25/h5-17,21H,4,18-19H2,1-3H3,(H,27,29). The van der Waals surface area contributed by atoms with Crippen LogP contribution in [0.15, 0.2) is 83.8 Å². The lowest BCUT2D eigenvalue weighted by Gasteiger charge is -2.25. The van der Waals surface area contributed by atoms with Gasteiger partial charge in [-0.2, -0.15) is 0 Å². The van der Waals surface area contributed by atoms with Gasteiger partial charge in [-0.05, 0) is 62.2 Å². The zero-order valence-corrected chi connectivity index (χ0v) is 20.0. The number of nitrogens with zero attached hydrogens (tertiary/aromatic N) is 1. The average molecular weight is 467 g/mol. The van der Waals surface area contributed by atoms with Gasteiger partial charge in [-0.25, -0.2) is 8.42 Å². The van der Waals surface area contributed by atoms with E-state index in [0.717, 1.165) is 17.5 Å². The minimum atomic E-state index is -3.80. The van der Waals surface area contributed by atoms with E-state index >= 15 is 0 Å². The number of carbonyl (C=O) groups is 1. The maximum Gasteiger partial charge on any atom is 0.264 e. The first kappa shape index (κ1) is 24.3. The molecule has 0 bridgehead atoms. The lowest BCUT2D eigenvalue weighted by atomic mass is 10.2. The Kier molecular flexibility index (Phi) is 8.11. The molecule has 1 atom stereocenters. The minimum Gasteiger partial charge on any atom is -0.484 e. The third kappa shape index (κ3) is 6.58. The van der Waals surface area contributed by atoms with Crippen LogP contribution in [0.3, 0.4) is 0 Å². The molecule has 6 nitrogen and oxygen atoms in total. The molecule has 0 spiro atoms. The van der Waals surface area contributed by atoms with E-state index in [-0.39, 0.29) is 30.0 Å². The molecule has 3 aromatic carbocycles. The first-order valence-electron chi connectivity index (χ1n) is 10.9. The quantitative estimate of drug-likeness (QED) is 0.471. The molecule has 33 heavy (non-hydrogen) atoms. The van der Waals surface area contributed by atoms with Gasteiger partial charge in [0.05, 0.1) is 17.1 Å². The normalized spacial score (nSPS) is 12.1. The number of ether oxygens (including phenoxy) is 1. The highest BCUT2D eigenvalue weighted by atomic mass is 32.2. The number of nitrogens with one attached hydrogen (secondary N) is 1. The fourth-order valence-corrected chi connectivity index (χ4v) is 4.63. The van der Waals surface area contributed by atoms with Gasteiger partial charge >= 0.3 is 0 Å². The second-order valence-electron chi connectivity index (χ2n) is 7.97. The topological polar surface area (TPSA) is 75.7 Å². The summed E-state index contributed by atoms with van der Waals surface area (Å²) in [6.45, 7) is 5.94. The molecular formula is C26H30N2O4S. The summed E-state index contributed by atoms with van der Waals surface area (Å²) in [6.07, 6.45) is 0.840. The van der Waals surface area contributed by atoms with Gasteiger partial charge in [0.25, 0.3) is 15.9 Å². The van der Waals surface area contributed by atoms with Crippen molar-refractivity contribution in [2.45, 2.75) is 44.7 Å². The summed E-state index contributed by atoms with van der Waals surface area (Å²) >= 11 is 0. The molecule has 0 radical (unpaired) electrons. The Morgan fingerprint density at radius 3 is 2.21 bits per heavy atom. The van der Waals surface area contributed by atoms with Crippen LogP contribution in [0.2, 0.25) is 0 Å². The van der Waals surface area contributed by atoms with Crippen molar-refractivity contribution in [2.75, 3.05) is 10.9 Å². The number of carbonyl (C=O) groups excluding carboxylic acids is 1. The van der Waals surface area contributed by atoms with E-state index < -0.39 is 10.0 Å². The van der Waals surface area contributed by atoms with Gasteiger partial charge in [0.1, 0.15) is 5.75 Å². The Balaban J connectivity index is 1.83. The number of sulfonamides is 1. The summed E-state index contributed by atoms with van der Waals surface area (Å²) in [5, 5.41) is 2.85. The van der Waals surface area contributed by atoms with Gasteiger partial charge < -0.3 is 10.1 Å². The Morgan fingerprint density at radius 1 is 0.970 bits per heavy atom. The number of amides is 1. The highest BCUT2D eigenvalue weighted by Gasteiger charge is 2.25. The van der Waals surface area contributed by atoms with E-state index in [2.05, 4.69) is 5.32 Å². The van der Waals surface area contributed by atoms with Crippen LogP contribution in [0.1, 0.15) is 31.4 Å². The summed E-state index contributed by atoms with van der Waals surface area (Å²) in [7, 11) is -3.80. The molecule has 0 aliphatic heterocycles. The summed E-state index contributed by atoms with van der Waals surface area (Å²) in [5.74, 6) is 0.298. The van der Waals surface area contributed by atoms with Crippen molar-refractivity contribution in [2.24, 2.45) is 0 Å². The van der Waals surface area contributed by atoms with Gasteiger partial charge in [0.15, 0.2) is 6.61 Å². The molecule has 0 saturated heterocycles. The summed E-state index contributed by atoms with van der Waals surface area (Å²) in [5.41, 5.74) is 2.37. The van der Waals surface area contributed by atoms with Crippen molar-refractivity contribution in [3.8, 4) is 5.75 Å². The SMILES string of the molecule is CCC(C)NC(=O)COc1ccc(N(Cc2ccccc2)S(=O)(=O)c2ccc(C)cc2)cc1. The van der Waals surface area contributed by atoms with Crippen LogP contribution in [0.5, 0.6) is 5.75 Å². The summed E-state index contributed by atoms with van der Waals surface area (Å²) < 4.78 is 34.0. The van der Waals surface area contributed by atoms with Crippen LogP contribution in [-0.4, -0.2) is 27.0 Å². The first-order chi connectivity index (χ1) is 15.8. The van der Waals surface area contributed by atoms with Crippen molar-refractivity contribution < 1.29 is 17.9 Å². The second-order valence-corrected chi connectivity index (χ2v) is 9.83. The summed E-state index contributed by atoms with van der Waals surface area (Å²) in [6, 6.07) is 23.1. The van der Waals surface area contributed by atoms with E-state index in [1.54, 1.807) is 48.5 Å². The molecule has 1 N–H and O–H groups in total. The Labute approximate surface area is 196 Å². The van der Waals surface area contributed by atoms with Gasteiger partial charge in [-0.3, -0.25) is 9.10 Å². The molecule has 0 heterocycles. The second kappa shape index (κ2) is 11.0. The number of hydrogen-bond acceptors (Lipinski definition) is 4. The first-order valence-corrected chi connectivity index (χ1v) is 12.4. The molecular weight excluding hydrogens is 436 g/mol. The molecule has 0 saturated carbocycles. The monoisotopic (exact) mass is 466 g/mol. The van der Waals surface area contributed by atoms with E-state index in [1.165, 1.54) is 4.31 Å². The van der Waals surface area contributed by atoms with Crippen LogP contribution in [0, 0.1) is 6.92 Å². The summed E-state index contributed by atoms with van der Waals surface area (Å²) in [4.78, 5) is 12.2. The number of rotatable bonds is 10. The van der Waals surface area contributed by atoms with Crippen LogP contribution >= 0.6 is 0 Å². The predicted octanol–water partition coefficient (Wildman–Crippen LogP) is 4.68. The molecule has 1 amide bonds. The molecule has 0 fully saturated rings. The van der Waals surface area contributed by atoms with Crippen molar-refractivity contribution in [3.05, 3.63) is 90.0 Å². The smallest absolute Gasteiger partial charge is 0.264 e. The van der Waals surface area contributed by atoms with Crippen LogP contribution < -0.4 is 14.4 Å². The highest BCUT2D eigenvalue weighted by Crippen LogP contribution is 2.28. The number of aryl methyl sites for hydroxylation is 1. The third-order valence-electron chi connectivity index (χ3n) is 5.29. The molecule has 1 unspecified atom stereocenters. The van der Waals surface area contributed by atoms with Crippen molar-refractivity contribution in [1.29, 1.82) is 0 Å². The van der Waals surface area contributed by atoms with Crippen molar-refractivity contribution >= 4 is 21.6 Å².